The van der Waals surface area contributed by atoms with Crippen LogP contribution in [-0.2, 0) is 20.6 Å². The summed E-state index contributed by atoms with van der Waals surface area (Å²) < 4.78 is 26.1. The van der Waals surface area contributed by atoms with Gasteiger partial charge in [-0.1, -0.05) is 59.5 Å². The first-order valence-electron chi connectivity index (χ1n) is 9.74. The maximum Gasteiger partial charge on any atom is 0.271 e. The summed E-state index contributed by atoms with van der Waals surface area (Å²) in [5.74, 6) is 0.417. The molecule has 3 aromatic rings. The largest absolute Gasteiger partial charge is 0.301 e. The molecule has 1 heterocycles. The highest BCUT2D eigenvalue weighted by atomic mass is 32.2. The van der Waals surface area contributed by atoms with E-state index in [0.717, 1.165) is 26.2 Å². The number of rotatable bonds is 11. The van der Waals surface area contributed by atoms with E-state index in [2.05, 4.69) is 15.5 Å². The monoisotopic (exact) mass is 507 g/mol. The average molecular weight is 508 g/mol. The summed E-state index contributed by atoms with van der Waals surface area (Å²) in [5.41, 5.74) is 1.12. The Morgan fingerprint density at radius 1 is 1.18 bits per heavy atom. The highest BCUT2D eigenvalue weighted by Crippen LogP contribution is 2.28. The van der Waals surface area contributed by atoms with E-state index in [1.54, 1.807) is 0 Å². The summed E-state index contributed by atoms with van der Waals surface area (Å²) in [6.45, 7) is 0.00170. The number of hydrogen-bond donors (Lipinski definition) is 1. The molecule has 0 aliphatic heterocycles. The van der Waals surface area contributed by atoms with Crippen molar-refractivity contribution < 1.29 is 18.1 Å². The Morgan fingerprint density at radius 2 is 1.94 bits per heavy atom. The van der Waals surface area contributed by atoms with Gasteiger partial charge in [-0.05, 0) is 18.1 Å². The summed E-state index contributed by atoms with van der Waals surface area (Å²) in [6.07, 6.45) is 1.28. The molecule has 0 unspecified atom stereocenters. The molecule has 1 N–H and O–H groups in total. The number of non-ortho nitro benzene ring substituents is 1. The fraction of sp³-hybridized carbons (Fsp3) is 0.250. The average Bonchev–Trinajstić information content (AvgIpc) is 3.22. The summed E-state index contributed by atoms with van der Waals surface area (Å²) in [5, 5.41) is 22.1. The molecule has 0 bridgehead atoms. The number of nitrogens with one attached hydrogen (secondary N) is 1. The van der Waals surface area contributed by atoms with Crippen molar-refractivity contribution in [3.05, 3.63) is 70.3 Å². The number of carbonyl (C=O) groups is 1. The van der Waals surface area contributed by atoms with Crippen LogP contribution < -0.4 is 9.62 Å². The van der Waals surface area contributed by atoms with E-state index >= 15 is 0 Å². The first-order chi connectivity index (χ1) is 15.7. The maximum atomic E-state index is 12.3. The Labute approximate surface area is 199 Å². The van der Waals surface area contributed by atoms with Crippen molar-refractivity contribution >= 4 is 55.5 Å². The molecule has 0 spiro atoms. The summed E-state index contributed by atoms with van der Waals surface area (Å²) in [7, 11) is -3.69. The van der Waals surface area contributed by atoms with E-state index < -0.39 is 14.9 Å². The summed E-state index contributed by atoms with van der Waals surface area (Å²) in [4.78, 5) is 22.7. The molecule has 10 nitrogen and oxygen atoms in total. The number of amides is 1. The van der Waals surface area contributed by atoms with Gasteiger partial charge in [0.15, 0.2) is 4.34 Å². The molecule has 0 aliphatic carbocycles. The molecular weight excluding hydrogens is 486 g/mol. The predicted molar refractivity (Wildman–Crippen MR) is 129 cm³/mol. The van der Waals surface area contributed by atoms with Crippen molar-refractivity contribution in [1.82, 2.24) is 10.2 Å². The molecule has 2 aromatic carbocycles. The van der Waals surface area contributed by atoms with Crippen LogP contribution in [-0.4, -0.2) is 42.2 Å². The van der Waals surface area contributed by atoms with E-state index in [0.29, 0.717) is 5.13 Å². The van der Waals surface area contributed by atoms with Gasteiger partial charge in [0.05, 0.1) is 16.9 Å². The van der Waals surface area contributed by atoms with E-state index in [-0.39, 0.29) is 36.7 Å². The second kappa shape index (κ2) is 11.2. The summed E-state index contributed by atoms with van der Waals surface area (Å²) in [6, 6.07) is 15.3. The van der Waals surface area contributed by atoms with Crippen LogP contribution in [0.3, 0.4) is 0 Å². The SMILES string of the molecule is CS(=O)(=O)N(CCCC(=O)Nc1nnc(SCc2ccccc2)s1)c1cccc([N+](=O)[O-])c1. The lowest BCUT2D eigenvalue weighted by atomic mass is 10.2. The second-order valence-corrected chi connectivity index (χ2v) is 11.0. The van der Waals surface area contributed by atoms with Crippen LogP contribution in [0.1, 0.15) is 18.4 Å². The van der Waals surface area contributed by atoms with Crippen LogP contribution >= 0.6 is 23.1 Å². The van der Waals surface area contributed by atoms with Gasteiger partial charge in [-0.15, -0.1) is 10.2 Å². The van der Waals surface area contributed by atoms with Crippen LogP contribution in [0.5, 0.6) is 0 Å². The lowest BCUT2D eigenvalue weighted by molar-refractivity contribution is -0.384. The lowest BCUT2D eigenvalue weighted by Crippen LogP contribution is -2.31. The van der Waals surface area contributed by atoms with Crippen LogP contribution in [0.4, 0.5) is 16.5 Å². The third-order valence-corrected chi connectivity index (χ3v) is 7.59. The van der Waals surface area contributed by atoms with Gasteiger partial charge in [0.25, 0.3) is 5.69 Å². The van der Waals surface area contributed by atoms with Crippen LogP contribution in [0.25, 0.3) is 0 Å². The van der Waals surface area contributed by atoms with Gasteiger partial charge in [0, 0.05) is 30.9 Å². The van der Waals surface area contributed by atoms with E-state index in [4.69, 9.17) is 0 Å². The van der Waals surface area contributed by atoms with Gasteiger partial charge in [0.2, 0.25) is 21.1 Å². The molecule has 0 atom stereocenters. The van der Waals surface area contributed by atoms with E-state index in [9.17, 15) is 23.3 Å². The molecule has 0 radical (unpaired) electrons. The van der Waals surface area contributed by atoms with Crippen molar-refractivity contribution in [2.45, 2.75) is 22.9 Å². The normalized spacial score (nSPS) is 11.2. The maximum absolute atomic E-state index is 12.3. The van der Waals surface area contributed by atoms with Crippen LogP contribution in [0.2, 0.25) is 0 Å². The minimum atomic E-state index is -3.69. The minimum absolute atomic E-state index is 0.00170. The lowest BCUT2D eigenvalue weighted by Gasteiger charge is -2.22. The number of benzene rings is 2. The molecule has 3 rings (SSSR count). The molecular formula is C20H21N5O5S3. The number of nitro benzene ring substituents is 1. The minimum Gasteiger partial charge on any atom is -0.301 e. The Bertz CT molecular complexity index is 1220. The highest BCUT2D eigenvalue weighted by molar-refractivity contribution is 8.00. The van der Waals surface area contributed by atoms with E-state index in [1.807, 2.05) is 30.3 Å². The van der Waals surface area contributed by atoms with Gasteiger partial charge < -0.3 is 5.32 Å². The molecule has 0 saturated heterocycles. The smallest absolute Gasteiger partial charge is 0.271 e. The van der Waals surface area contributed by atoms with Crippen molar-refractivity contribution in [3.8, 4) is 0 Å². The first kappa shape index (κ1) is 24.6. The number of anilines is 2. The van der Waals surface area contributed by atoms with Gasteiger partial charge in [0.1, 0.15) is 0 Å². The molecule has 0 saturated carbocycles. The first-order valence-corrected chi connectivity index (χ1v) is 13.4. The number of aromatic nitrogens is 2. The van der Waals surface area contributed by atoms with Crippen LogP contribution in [0, 0.1) is 10.1 Å². The molecule has 1 aromatic heterocycles. The van der Waals surface area contributed by atoms with Gasteiger partial charge in [-0.3, -0.25) is 19.2 Å². The number of carbonyl (C=O) groups excluding carboxylic acids is 1. The molecule has 13 heteroatoms. The number of nitrogens with zero attached hydrogens (tertiary/aromatic N) is 4. The molecule has 174 valence electrons. The second-order valence-electron chi connectivity index (χ2n) is 6.91. The Balaban J connectivity index is 1.52. The third kappa shape index (κ3) is 7.51. The zero-order valence-corrected chi connectivity index (χ0v) is 20.0. The molecule has 0 aliphatic rings. The number of thioether (sulfide) groups is 1. The van der Waals surface area contributed by atoms with E-state index in [1.165, 1.54) is 47.4 Å². The zero-order valence-electron chi connectivity index (χ0n) is 17.6. The van der Waals surface area contributed by atoms with Crippen molar-refractivity contribution in [2.75, 3.05) is 22.4 Å². The predicted octanol–water partition coefficient (Wildman–Crippen LogP) is 3.92. The Hall–Kier alpha value is -3.03. The standard InChI is InChI=1S/C20H21N5O5S3/c1-33(29,30)24(16-9-5-10-17(13-16)25(27)28)12-6-11-18(26)21-19-22-23-20(32-19)31-14-15-7-3-2-4-8-15/h2-5,7-10,13H,6,11-12,14H2,1H3,(H,21,22,26). The van der Waals surface area contributed by atoms with Crippen molar-refractivity contribution in [2.24, 2.45) is 0 Å². The van der Waals surface area contributed by atoms with Crippen molar-refractivity contribution in [1.29, 1.82) is 0 Å². The van der Waals surface area contributed by atoms with Gasteiger partial charge >= 0.3 is 0 Å². The Morgan fingerprint density at radius 3 is 2.64 bits per heavy atom. The fourth-order valence-corrected chi connectivity index (χ4v) is 5.53. The fourth-order valence-electron chi connectivity index (χ4n) is 2.85. The number of hydrogen-bond acceptors (Lipinski definition) is 9. The highest BCUT2D eigenvalue weighted by Gasteiger charge is 2.20. The van der Waals surface area contributed by atoms with Gasteiger partial charge in [-0.25, -0.2) is 8.42 Å². The third-order valence-electron chi connectivity index (χ3n) is 4.35. The molecule has 0 fully saturated rings. The molecule has 1 amide bonds. The number of nitro groups is 1. The molecule has 33 heavy (non-hydrogen) atoms. The summed E-state index contributed by atoms with van der Waals surface area (Å²) >= 11 is 2.78. The Kier molecular flexibility index (Phi) is 8.36. The van der Waals surface area contributed by atoms with Gasteiger partial charge in [-0.2, -0.15) is 0 Å². The quantitative estimate of drug-likeness (QED) is 0.178. The zero-order chi connectivity index (χ0) is 23.8. The number of sulfonamides is 1. The van der Waals surface area contributed by atoms with Crippen molar-refractivity contribution in [3.63, 3.8) is 0 Å². The topological polar surface area (TPSA) is 135 Å². The van der Waals surface area contributed by atoms with Crippen LogP contribution in [0.15, 0.2) is 58.9 Å².